The SMILES string of the molecule is CCc1nc2cc(CC(C)c3cc4cccn4nc3O)cn2cc1O. The first-order valence-corrected chi connectivity index (χ1v) is 8.42. The third kappa shape index (κ3) is 2.69. The standard InChI is InChI=1S/C19H20N4O2/c1-3-16-17(24)11-22-10-13(8-18(22)20-16)7-12(2)15-9-14-5-4-6-23(14)21-19(15)25/h4-6,8-12,24H,3,7H2,1-2H3,(H,21,25). The molecule has 0 amide bonds. The fourth-order valence-corrected chi connectivity index (χ4v) is 3.29. The van der Waals surface area contributed by atoms with Crippen LogP contribution in [-0.4, -0.2) is 29.2 Å². The predicted molar refractivity (Wildman–Crippen MR) is 95.2 cm³/mol. The average Bonchev–Trinajstić information content (AvgIpc) is 3.18. The summed E-state index contributed by atoms with van der Waals surface area (Å²) >= 11 is 0. The highest BCUT2D eigenvalue weighted by molar-refractivity contribution is 5.52. The topological polar surface area (TPSA) is 75.1 Å². The van der Waals surface area contributed by atoms with E-state index in [-0.39, 0.29) is 17.5 Å². The van der Waals surface area contributed by atoms with Crippen LogP contribution in [0, 0.1) is 0 Å². The minimum atomic E-state index is 0.0593. The van der Waals surface area contributed by atoms with Crippen molar-refractivity contribution in [2.24, 2.45) is 0 Å². The molecule has 1 atom stereocenters. The summed E-state index contributed by atoms with van der Waals surface area (Å²) in [5, 5.41) is 24.4. The van der Waals surface area contributed by atoms with Crippen molar-refractivity contribution in [3.8, 4) is 11.6 Å². The lowest BCUT2D eigenvalue weighted by Crippen LogP contribution is -2.02. The largest absolute Gasteiger partial charge is 0.505 e. The molecule has 0 spiro atoms. The van der Waals surface area contributed by atoms with Gasteiger partial charge in [-0.25, -0.2) is 9.50 Å². The van der Waals surface area contributed by atoms with Crippen molar-refractivity contribution in [1.82, 2.24) is 19.0 Å². The average molecular weight is 336 g/mol. The summed E-state index contributed by atoms with van der Waals surface area (Å²) in [5.41, 5.74) is 4.40. The molecule has 0 radical (unpaired) electrons. The quantitative estimate of drug-likeness (QED) is 0.599. The second-order valence-electron chi connectivity index (χ2n) is 6.45. The van der Waals surface area contributed by atoms with E-state index in [2.05, 4.69) is 17.0 Å². The van der Waals surface area contributed by atoms with Crippen LogP contribution in [0.15, 0.2) is 42.9 Å². The van der Waals surface area contributed by atoms with Crippen LogP contribution in [0.3, 0.4) is 0 Å². The molecule has 4 rings (SSSR count). The minimum Gasteiger partial charge on any atom is -0.505 e. The molecule has 6 nitrogen and oxygen atoms in total. The van der Waals surface area contributed by atoms with Crippen LogP contribution in [0.1, 0.15) is 36.6 Å². The van der Waals surface area contributed by atoms with Crippen molar-refractivity contribution in [2.75, 3.05) is 0 Å². The Balaban J connectivity index is 1.66. The number of nitrogens with zero attached hydrogens (tertiary/aromatic N) is 4. The van der Waals surface area contributed by atoms with Gasteiger partial charge in [0.15, 0.2) is 5.75 Å². The third-order valence-electron chi connectivity index (χ3n) is 4.62. The van der Waals surface area contributed by atoms with Crippen molar-refractivity contribution in [3.63, 3.8) is 0 Å². The second-order valence-corrected chi connectivity index (χ2v) is 6.45. The van der Waals surface area contributed by atoms with Crippen LogP contribution in [0.2, 0.25) is 0 Å². The fraction of sp³-hybridized carbons (Fsp3) is 0.263. The van der Waals surface area contributed by atoms with Gasteiger partial charge in [0.2, 0.25) is 5.88 Å². The van der Waals surface area contributed by atoms with E-state index < -0.39 is 0 Å². The van der Waals surface area contributed by atoms with E-state index >= 15 is 0 Å². The molecule has 4 aromatic heterocycles. The van der Waals surface area contributed by atoms with Crippen LogP contribution in [-0.2, 0) is 12.8 Å². The van der Waals surface area contributed by atoms with Gasteiger partial charge < -0.3 is 14.6 Å². The monoisotopic (exact) mass is 336 g/mol. The highest BCUT2D eigenvalue weighted by Crippen LogP contribution is 2.29. The van der Waals surface area contributed by atoms with E-state index in [0.717, 1.165) is 28.7 Å². The number of fused-ring (bicyclic) bond motifs is 2. The molecule has 0 saturated heterocycles. The van der Waals surface area contributed by atoms with Gasteiger partial charge in [-0.05, 0) is 48.6 Å². The minimum absolute atomic E-state index is 0.0593. The lowest BCUT2D eigenvalue weighted by Gasteiger charge is -2.12. The Morgan fingerprint density at radius 2 is 2.04 bits per heavy atom. The van der Waals surface area contributed by atoms with E-state index in [1.54, 1.807) is 10.7 Å². The molecule has 0 aliphatic carbocycles. The van der Waals surface area contributed by atoms with Crippen molar-refractivity contribution in [2.45, 2.75) is 32.6 Å². The third-order valence-corrected chi connectivity index (χ3v) is 4.62. The zero-order chi connectivity index (χ0) is 17.6. The number of aromatic hydroxyl groups is 2. The molecule has 0 saturated carbocycles. The Morgan fingerprint density at radius 1 is 1.20 bits per heavy atom. The maximum Gasteiger partial charge on any atom is 0.232 e. The number of aryl methyl sites for hydroxylation is 1. The van der Waals surface area contributed by atoms with Crippen LogP contribution in [0.25, 0.3) is 11.2 Å². The lowest BCUT2D eigenvalue weighted by molar-refractivity contribution is 0.430. The van der Waals surface area contributed by atoms with E-state index in [1.807, 2.05) is 48.0 Å². The molecule has 25 heavy (non-hydrogen) atoms. The fourth-order valence-electron chi connectivity index (χ4n) is 3.29. The molecule has 128 valence electrons. The number of hydrogen-bond donors (Lipinski definition) is 2. The summed E-state index contributed by atoms with van der Waals surface area (Å²) in [4.78, 5) is 4.49. The zero-order valence-electron chi connectivity index (χ0n) is 14.2. The van der Waals surface area contributed by atoms with Crippen molar-refractivity contribution in [3.05, 3.63) is 59.7 Å². The smallest absolute Gasteiger partial charge is 0.232 e. The summed E-state index contributed by atoms with van der Waals surface area (Å²) in [6.07, 6.45) is 6.92. The second kappa shape index (κ2) is 5.81. The van der Waals surface area contributed by atoms with Gasteiger partial charge in [0.05, 0.1) is 17.4 Å². The first-order valence-electron chi connectivity index (χ1n) is 8.42. The highest BCUT2D eigenvalue weighted by atomic mass is 16.3. The number of hydrogen-bond acceptors (Lipinski definition) is 4. The van der Waals surface area contributed by atoms with Gasteiger partial charge >= 0.3 is 0 Å². The lowest BCUT2D eigenvalue weighted by atomic mass is 9.96. The Morgan fingerprint density at radius 3 is 2.84 bits per heavy atom. The Bertz CT molecular complexity index is 1060. The zero-order valence-corrected chi connectivity index (χ0v) is 14.2. The molecule has 0 aromatic carbocycles. The van der Waals surface area contributed by atoms with E-state index in [0.29, 0.717) is 12.1 Å². The molecule has 6 heteroatoms. The Kier molecular flexibility index (Phi) is 3.60. The molecule has 2 N–H and O–H groups in total. The van der Waals surface area contributed by atoms with Gasteiger partial charge in [-0.2, -0.15) is 0 Å². The van der Waals surface area contributed by atoms with Gasteiger partial charge in [0.25, 0.3) is 0 Å². The molecular weight excluding hydrogens is 316 g/mol. The van der Waals surface area contributed by atoms with Crippen LogP contribution < -0.4 is 0 Å². The molecule has 0 aliphatic heterocycles. The summed E-state index contributed by atoms with van der Waals surface area (Å²) in [6, 6.07) is 7.87. The first kappa shape index (κ1) is 15.5. The van der Waals surface area contributed by atoms with Gasteiger partial charge in [0.1, 0.15) is 5.65 Å². The van der Waals surface area contributed by atoms with Gasteiger partial charge in [-0.3, -0.25) is 0 Å². The Labute approximate surface area is 145 Å². The van der Waals surface area contributed by atoms with Crippen LogP contribution in [0.5, 0.6) is 11.6 Å². The number of rotatable bonds is 4. The maximum atomic E-state index is 10.2. The van der Waals surface area contributed by atoms with Crippen molar-refractivity contribution < 1.29 is 10.2 Å². The molecular formula is C19H20N4O2. The molecule has 0 bridgehead atoms. The predicted octanol–water partition coefficient (Wildman–Crippen LogP) is 3.30. The summed E-state index contributed by atoms with van der Waals surface area (Å²) < 4.78 is 3.50. The van der Waals surface area contributed by atoms with Gasteiger partial charge in [0, 0.05) is 18.0 Å². The van der Waals surface area contributed by atoms with Crippen molar-refractivity contribution >= 4 is 11.2 Å². The van der Waals surface area contributed by atoms with Crippen molar-refractivity contribution in [1.29, 1.82) is 0 Å². The van der Waals surface area contributed by atoms with Crippen LogP contribution in [0.4, 0.5) is 0 Å². The molecule has 0 aliphatic rings. The summed E-state index contributed by atoms with van der Waals surface area (Å²) in [7, 11) is 0. The molecule has 1 unspecified atom stereocenters. The molecule has 0 fully saturated rings. The van der Waals surface area contributed by atoms with Gasteiger partial charge in [-0.1, -0.05) is 13.8 Å². The van der Waals surface area contributed by atoms with E-state index in [4.69, 9.17) is 0 Å². The molecule has 4 aromatic rings. The summed E-state index contributed by atoms with van der Waals surface area (Å²) in [6.45, 7) is 4.04. The Hall–Kier alpha value is -3.02. The van der Waals surface area contributed by atoms with Gasteiger partial charge in [-0.15, -0.1) is 5.10 Å². The first-order chi connectivity index (χ1) is 12.0. The summed E-state index contributed by atoms with van der Waals surface area (Å²) in [5.74, 6) is 0.374. The van der Waals surface area contributed by atoms with Crippen LogP contribution >= 0.6 is 0 Å². The normalized spacial score (nSPS) is 12.9. The molecule has 4 heterocycles. The number of aromatic nitrogens is 4. The van der Waals surface area contributed by atoms with E-state index in [1.165, 1.54) is 0 Å². The highest BCUT2D eigenvalue weighted by Gasteiger charge is 2.15. The van der Waals surface area contributed by atoms with E-state index in [9.17, 15) is 10.2 Å². The maximum absolute atomic E-state index is 10.2.